The molecule has 0 aliphatic carbocycles. The van der Waals surface area contributed by atoms with E-state index in [1.807, 2.05) is 24.1 Å². The SMILES string of the molecule is CCc1ccc(N(C)c2c(C(=O)O)c(C)nn2C)cc1. The fraction of sp³-hybridized carbons (Fsp3) is 0.333. The molecule has 1 heterocycles. The second kappa shape index (κ2) is 5.36. The number of hydrogen-bond acceptors (Lipinski definition) is 3. The molecular weight excluding hydrogens is 254 g/mol. The molecule has 106 valence electrons. The molecule has 0 spiro atoms. The first kappa shape index (κ1) is 14.1. The second-order valence-corrected chi connectivity index (χ2v) is 4.79. The minimum absolute atomic E-state index is 0.245. The van der Waals surface area contributed by atoms with Crippen molar-refractivity contribution in [2.45, 2.75) is 20.3 Å². The van der Waals surface area contributed by atoms with Gasteiger partial charge >= 0.3 is 5.97 Å². The molecule has 1 aromatic carbocycles. The van der Waals surface area contributed by atoms with Gasteiger partial charge < -0.3 is 10.0 Å². The molecule has 1 aromatic heterocycles. The molecule has 0 bridgehead atoms. The summed E-state index contributed by atoms with van der Waals surface area (Å²) in [6, 6.07) is 8.09. The van der Waals surface area contributed by atoms with Gasteiger partial charge in [-0.05, 0) is 31.0 Å². The molecule has 0 fully saturated rings. The van der Waals surface area contributed by atoms with Crippen LogP contribution >= 0.6 is 0 Å². The number of rotatable bonds is 4. The highest BCUT2D eigenvalue weighted by molar-refractivity contribution is 5.95. The molecule has 5 nitrogen and oxygen atoms in total. The Kier molecular flexibility index (Phi) is 3.79. The third-order valence-electron chi connectivity index (χ3n) is 3.46. The third kappa shape index (κ3) is 2.39. The van der Waals surface area contributed by atoms with Crippen LogP contribution in [0.3, 0.4) is 0 Å². The Morgan fingerprint density at radius 3 is 2.45 bits per heavy atom. The third-order valence-corrected chi connectivity index (χ3v) is 3.46. The lowest BCUT2D eigenvalue weighted by Crippen LogP contribution is -2.16. The molecule has 5 heteroatoms. The smallest absolute Gasteiger partial charge is 0.341 e. The number of aryl methyl sites for hydroxylation is 3. The summed E-state index contributed by atoms with van der Waals surface area (Å²) in [6.07, 6.45) is 0.981. The lowest BCUT2D eigenvalue weighted by atomic mass is 10.1. The molecule has 0 aliphatic rings. The maximum absolute atomic E-state index is 11.4. The predicted molar refractivity (Wildman–Crippen MR) is 78.8 cm³/mol. The minimum atomic E-state index is -0.956. The lowest BCUT2D eigenvalue weighted by Gasteiger charge is -2.20. The van der Waals surface area contributed by atoms with Crippen molar-refractivity contribution in [1.29, 1.82) is 0 Å². The van der Waals surface area contributed by atoms with Crippen molar-refractivity contribution in [3.63, 3.8) is 0 Å². The summed E-state index contributed by atoms with van der Waals surface area (Å²) in [5, 5.41) is 13.6. The van der Waals surface area contributed by atoms with Gasteiger partial charge in [-0.1, -0.05) is 19.1 Å². The van der Waals surface area contributed by atoms with E-state index in [1.54, 1.807) is 18.7 Å². The van der Waals surface area contributed by atoms with Crippen molar-refractivity contribution >= 4 is 17.5 Å². The Labute approximate surface area is 118 Å². The van der Waals surface area contributed by atoms with Gasteiger partial charge in [0.2, 0.25) is 0 Å². The zero-order valence-electron chi connectivity index (χ0n) is 12.2. The van der Waals surface area contributed by atoms with Crippen LogP contribution in [0.5, 0.6) is 0 Å². The van der Waals surface area contributed by atoms with Crippen LogP contribution < -0.4 is 4.90 Å². The van der Waals surface area contributed by atoms with Crippen molar-refractivity contribution in [2.75, 3.05) is 11.9 Å². The zero-order valence-corrected chi connectivity index (χ0v) is 12.2. The topological polar surface area (TPSA) is 58.4 Å². The van der Waals surface area contributed by atoms with Gasteiger partial charge in [-0.25, -0.2) is 4.79 Å². The summed E-state index contributed by atoms with van der Waals surface area (Å²) >= 11 is 0. The first-order valence-electron chi connectivity index (χ1n) is 6.55. The van der Waals surface area contributed by atoms with Crippen molar-refractivity contribution in [3.8, 4) is 0 Å². The summed E-state index contributed by atoms with van der Waals surface area (Å²) in [4.78, 5) is 13.3. The maximum atomic E-state index is 11.4. The number of hydrogen-bond donors (Lipinski definition) is 1. The molecule has 0 saturated carbocycles. The molecule has 0 radical (unpaired) electrons. The Hall–Kier alpha value is -2.30. The van der Waals surface area contributed by atoms with E-state index in [2.05, 4.69) is 24.2 Å². The van der Waals surface area contributed by atoms with Gasteiger partial charge in [-0.15, -0.1) is 0 Å². The number of benzene rings is 1. The van der Waals surface area contributed by atoms with E-state index >= 15 is 0 Å². The summed E-state index contributed by atoms with van der Waals surface area (Å²) in [7, 11) is 3.61. The fourth-order valence-electron chi connectivity index (χ4n) is 2.36. The average molecular weight is 273 g/mol. The van der Waals surface area contributed by atoms with Crippen molar-refractivity contribution in [2.24, 2.45) is 7.05 Å². The summed E-state index contributed by atoms with van der Waals surface area (Å²) < 4.78 is 1.60. The van der Waals surface area contributed by atoms with Crippen LogP contribution in [0.1, 0.15) is 28.5 Å². The molecule has 2 rings (SSSR count). The molecule has 0 amide bonds. The molecule has 1 N–H and O–H groups in total. The van der Waals surface area contributed by atoms with E-state index in [-0.39, 0.29) is 5.56 Å². The van der Waals surface area contributed by atoms with Crippen LogP contribution in [0, 0.1) is 6.92 Å². The van der Waals surface area contributed by atoms with Crippen LogP contribution in [0.25, 0.3) is 0 Å². The monoisotopic (exact) mass is 273 g/mol. The van der Waals surface area contributed by atoms with Crippen molar-refractivity contribution in [3.05, 3.63) is 41.1 Å². The zero-order chi connectivity index (χ0) is 14.9. The van der Waals surface area contributed by atoms with E-state index < -0.39 is 5.97 Å². The van der Waals surface area contributed by atoms with Crippen LogP contribution in [-0.4, -0.2) is 27.9 Å². The molecule has 0 saturated heterocycles. The van der Waals surface area contributed by atoms with Gasteiger partial charge in [-0.2, -0.15) is 5.10 Å². The fourth-order valence-corrected chi connectivity index (χ4v) is 2.36. The van der Waals surface area contributed by atoms with Gasteiger partial charge in [0.25, 0.3) is 0 Å². The van der Waals surface area contributed by atoms with Crippen molar-refractivity contribution < 1.29 is 9.90 Å². The van der Waals surface area contributed by atoms with Crippen LogP contribution in [0.15, 0.2) is 24.3 Å². The van der Waals surface area contributed by atoms with Crippen LogP contribution in [-0.2, 0) is 13.5 Å². The Morgan fingerprint density at radius 2 is 1.95 bits per heavy atom. The van der Waals surface area contributed by atoms with Crippen molar-refractivity contribution in [1.82, 2.24) is 9.78 Å². The molecule has 2 aromatic rings. The van der Waals surface area contributed by atoms with E-state index in [0.29, 0.717) is 11.5 Å². The summed E-state index contributed by atoms with van der Waals surface area (Å²) in [5.74, 6) is -0.373. The van der Waals surface area contributed by atoms with Crippen LogP contribution in [0.4, 0.5) is 11.5 Å². The first-order chi connectivity index (χ1) is 9.45. The van der Waals surface area contributed by atoms with E-state index in [9.17, 15) is 9.90 Å². The lowest BCUT2D eigenvalue weighted by molar-refractivity contribution is 0.0697. The number of carboxylic acid groups (broad SMARTS) is 1. The first-order valence-corrected chi connectivity index (χ1v) is 6.55. The molecule has 0 aliphatic heterocycles. The highest BCUT2D eigenvalue weighted by Gasteiger charge is 2.23. The Morgan fingerprint density at radius 1 is 1.35 bits per heavy atom. The number of nitrogens with zero attached hydrogens (tertiary/aromatic N) is 3. The minimum Gasteiger partial charge on any atom is -0.477 e. The highest BCUT2D eigenvalue weighted by atomic mass is 16.4. The van der Waals surface area contributed by atoms with E-state index in [4.69, 9.17) is 0 Å². The maximum Gasteiger partial charge on any atom is 0.341 e. The molecule has 20 heavy (non-hydrogen) atoms. The van der Waals surface area contributed by atoms with E-state index in [0.717, 1.165) is 12.1 Å². The highest BCUT2D eigenvalue weighted by Crippen LogP contribution is 2.28. The molecular formula is C15H19N3O2. The number of carboxylic acids is 1. The normalized spacial score (nSPS) is 10.6. The Bertz CT molecular complexity index is 629. The average Bonchev–Trinajstić information content (AvgIpc) is 2.72. The van der Waals surface area contributed by atoms with Gasteiger partial charge in [0.1, 0.15) is 11.4 Å². The van der Waals surface area contributed by atoms with Gasteiger partial charge in [0.15, 0.2) is 0 Å². The number of anilines is 2. The van der Waals surface area contributed by atoms with Gasteiger partial charge in [0.05, 0.1) is 5.69 Å². The van der Waals surface area contributed by atoms with Gasteiger partial charge in [-0.3, -0.25) is 4.68 Å². The number of carbonyl (C=O) groups is 1. The predicted octanol–water partition coefficient (Wildman–Crippen LogP) is 2.76. The largest absolute Gasteiger partial charge is 0.477 e. The number of aromatic carboxylic acids is 1. The quantitative estimate of drug-likeness (QED) is 0.930. The van der Waals surface area contributed by atoms with Gasteiger partial charge in [0, 0.05) is 19.8 Å². The molecule has 0 atom stereocenters. The summed E-state index contributed by atoms with van der Waals surface area (Å²) in [6.45, 7) is 3.81. The standard InChI is InChI=1S/C15H19N3O2/c1-5-11-6-8-12(9-7-11)17(3)14-13(15(19)20)10(2)16-18(14)4/h6-9H,5H2,1-4H3,(H,19,20). The molecule has 0 unspecified atom stereocenters. The Balaban J connectivity index is 2.47. The summed E-state index contributed by atoms with van der Waals surface area (Å²) in [5.41, 5.74) is 2.95. The van der Waals surface area contributed by atoms with E-state index in [1.165, 1.54) is 5.56 Å². The second-order valence-electron chi connectivity index (χ2n) is 4.79. The number of aromatic nitrogens is 2. The van der Waals surface area contributed by atoms with Crippen LogP contribution in [0.2, 0.25) is 0 Å².